The van der Waals surface area contributed by atoms with E-state index in [0.717, 1.165) is 13.1 Å². The van der Waals surface area contributed by atoms with Crippen molar-refractivity contribution >= 4 is 22.5 Å². The molecule has 2 aromatic heterocycles. The van der Waals surface area contributed by atoms with Crippen LogP contribution >= 0.6 is 0 Å². The lowest BCUT2D eigenvalue weighted by Gasteiger charge is -2.30. The van der Waals surface area contributed by atoms with Gasteiger partial charge in [-0.25, -0.2) is 19.9 Å². The van der Waals surface area contributed by atoms with Gasteiger partial charge in [0.2, 0.25) is 0 Å². The van der Waals surface area contributed by atoms with Crippen LogP contribution in [-0.2, 0) is 17.5 Å². The number of nitrogens with zero attached hydrogens (tertiary/aromatic N) is 5. The van der Waals surface area contributed by atoms with Crippen molar-refractivity contribution in [2.75, 3.05) is 51.5 Å². The van der Waals surface area contributed by atoms with E-state index in [4.69, 9.17) is 19.9 Å². The van der Waals surface area contributed by atoms with Crippen molar-refractivity contribution in [3.05, 3.63) is 35.5 Å². The molecule has 4 rings (SSSR count). The van der Waals surface area contributed by atoms with Crippen LogP contribution in [0.4, 0.5) is 24.8 Å². The number of hydrogen-bond acceptors (Lipinski definition) is 10. The third-order valence-electron chi connectivity index (χ3n) is 5.36. The molecule has 1 fully saturated rings. The van der Waals surface area contributed by atoms with E-state index in [9.17, 15) is 13.2 Å². The Morgan fingerprint density at radius 3 is 2.69 bits per heavy atom. The Morgan fingerprint density at radius 1 is 1.17 bits per heavy atom. The molecule has 1 aromatic carbocycles. The van der Waals surface area contributed by atoms with Crippen molar-refractivity contribution in [2.24, 2.45) is 0 Å². The molecule has 1 saturated heterocycles. The largest absolute Gasteiger partial charge is 0.493 e. The molecule has 188 valence electrons. The third-order valence-corrected chi connectivity index (χ3v) is 5.36. The highest BCUT2D eigenvalue weighted by Gasteiger charge is 2.33. The summed E-state index contributed by atoms with van der Waals surface area (Å²) in [4.78, 5) is 18.5. The number of anilines is 2. The number of ether oxygens (including phenoxy) is 3. The van der Waals surface area contributed by atoms with Crippen LogP contribution in [0, 0.1) is 6.92 Å². The lowest BCUT2D eigenvalue weighted by molar-refractivity contribution is -0.141. The Labute approximate surface area is 199 Å². The number of aryl methyl sites for hydroxylation is 1. The first-order chi connectivity index (χ1) is 16.6. The van der Waals surface area contributed by atoms with Crippen LogP contribution < -0.4 is 20.5 Å². The van der Waals surface area contributed by atoms with Gasteiger partial charge in [-0.2, -0.15) is 13.2 Å². The molecule has 0 aliphatic carbocycles. The summed E-state index contributed by atoms with van der Waals surface area (Å²) in [5, 5.41) is 3.59. The van der Waals surface area contributed by atoms with Crippen molar-refractivity contribution < 1.29 is 27.4 Å². The monoisotopic (exact) mass is 493 g/mol. The first kappa shape index (κ1) is 24.7. The van der Waals surface area contributed by atoms with Gasteiger partial charge in [-0.05, 0) is 20.0 Å². The number of alkyl halides is 3. The second-order valence-electron chi connectivity index (χ2n) is 8.15. The van der Waals surface area contributed by atoms with Crippen molar-refractivity contribution in [1.82, 2.24) is 24.8 Å². The molecular weight excluding hydrogens is 467 g/mol. The van der Waals surface area contributed by atoms with Gasteiger partial charge in [-0.15, -0.1) is 0 Å². The summed E-state index contributed by atoms with van der Waals surface area (Å²) in [7, 11) is 3.55. The van der Waals surface area contributed by atoms with E-state index in [-0.39, 0.29) is 24.3 Å². The first-order valence-corrected chi connectivity index (χ1v) is 10.9. The summed E-state index contributed by atoms with van der Waals surface area (Å²) in [6.45, 7) is 4.12. The van der Waals surface area contributed by atoms with Crippen molar-refractivity contribution in [3.63, 3.8) is 0 Å². The lowest BCUT2D eigenvalue weighted by atomic mass is 10.2. The molecule has 35 heavy (non-hydrogen) atoms. The minimum atomic E-state index is -4.64. The highest BCUT2D eigenvalue weighted by atomic mass is 19.4. The molecule has 0 amide bonds. The van der Waals surface area contributed by atoms with Gasteiger partial charge in [0, 0.05) is 30.6 Å². The molecule has 0 bridgehead atoms. The van der Waals surface area contributed by atoms with E-state index in [1.807, 2.05) is 7.05 Å². The quantitative estimate of drug-likeness (QED) is 0.508. The van der Waals surface area contributed by atoms with Crippen molar-refractivity contribution in [2.45, 2.75) is 25.7 Å². The summed E-state index contributed by atoms with van der Waals surface area (Å²) in [6, 6.07) is 4.14. The molecule has 0 radical (unpaired) electrons. The van der Waals surface area contributed by atoms with Crippen LogP contribution in [0.1, 0.15) is 17.3 Å². The van der Waals surface area contributed by atoms with Crippen molar-refractivity contribution in [3.8, 4) is 11.5 Å². The number of fused-ring (bicyclic) bond motifs is 1. The summed E-state index contributed by atoms with van der Waals surface area (Å²) < 4.78 is 56.5. The Bertz CT molecular complexity index is 1210. The molecule has 0 saturated carbocycles. The van der Waals surface area contributed by atoms with Crippen LogP contribution in [0.2, 0.25) is 0 Å². The van der Waals surface area contributed by atoms with Crippen LogP contribution in [0.25, 0.3) is 10.9 Å². The predicted octanol–water partition coefficient (Wildman–Crippen LogP) is 2.66. The minimum Gasteiger partial charge on any atom is -0.493 e. The van der Waals surface area contributed by atoms with Crippen LogP contribution in [0.15, 0.2) is 18.2 Å². The maximum atomic E-state index is 13.1. The molecule has 3 N–H and O–H groups in total. The molecular formula is C22H26F3N7O3. The van der Waals surface area contributed by atoms with Crippen molar-refractivity contribution in [1.29, 1.82) is 0 Å². The van der Waals surface area contributed by atoms with Gasteiger partial charge < -0.3 is 30.2 Å². The maximum Gasteiger partial charge on any atom is 0.433 e. The van der Waals surface area contributed by atoms with E-state index < -0.39 is 11.9 Å². The van der Waals surface area contributed by atoms with Gasteiger partial charge in [-0.1, -0.05) is 0 Å². The van der Waals surface area contributed by atoms with Gasteiger partial charge in [0.05, 0.1) is 25.8 Å². The Balaban J connectivity index is 1.60. The fraction of sp³-hybridized carbons (Fsp3) is 0.455. The Kier molecular flexibility index (Phi) is 7.08. The standard InChI is InChI=1S/C22H26F3N7O3/c1-12-28-15-7-16(33-3)17(35-11-13-10-32(2)4-5-34-13)6-14(15)21(29-12)27-9-20-30-18(22(23,24)25)8-19(26)31-20/h6-8,13H,4-5,9-11H2,1-3H3,(H2,26,30,31)(H,27,28,29)/t13-/m0/s1. The van der Waals surface area contributed by atoms with Gasteiger partial charge in [0.25, 0.3) is 0 Å². The van der Waals surface area contributed by atoms with Crippen LogP contribution in [0.3, 0.4) is 0 Å². The number of rotatable bonds is 7. The van der Waals surface area contributed by atoms with E-state index in [0.29, 0.717) is 53.3 Å². The van der Waals surface area contributed by atoms with E-state index in [1.54, 1.807) is 19.1 Å². The summed E-state index contributed by atoms with van der Waals surface area (Å²) in [5.74, 6) is 1.40. The highest BCUT2D eigenvalue weighted by molar-refractivity contribution is 5.91. The molecule has 1 aliphatic heterocycles. The van der Waals surface area contributed by atoms with Gasteiger partial charge in [0.1, 0.15) is 41.7 Å². The average molecular weight is 493 g/mol. The molecule has 13 heteroatoms. The fourth-order valence-corrected chi connectivity index (χ4v) is 3.71. The number of halogens is 3. The topological polar surface area (TPSA) is 121 Å². The second kappa shape index (κ2) is 10.0. The van der Waals surface area contributed by atoms with E-state index in [2.05, 4.69) is 30.2 Å². The minimum absolute atomic E-state index is 0.0930. The number of methoxy groups -OCH3 is 1. The lowest BCUT2D eigenvalue weighted by Crippen LogP contribution is -2.42. The number of morpholine rings is 1. The summed E-state index contributed by atoms with van der Waals surface area (Å²) in [5.41, 5.74) is 5.01. The fourth-order valence-electron chi connectivity index (χ4n) is 3.71. The summed E-state index contributed by atoms with van der Waals surface area (Å²) >= 11 is 0. The SMILES string of the molecule is COc1cc2nc(C)nc(NCc3nc(N)cc(C(F)(F)F)n3)c2cc1OC[C@@H]1CN(C)CCO1. The maximum absolute atomic E-state index is 13.1. The predicted molar refractivity (Wildman–Crippen MR) is 122 cm³/mol. The van der Waals surface area contributed by atoms with Gasteiger partial charge in [0.15, 0.2) is 11.5 Å². The molecule has 3 aromatic rings. The molecule has 3 heterocycles. The molecule has 0 unspecified atom stereocenters. The Hall–Kier alpha value is -3.45. The number of nitrogens with one attached hydrogen (secondary N) is 1. The molecule has 1 aliphatic rings. The number of hydrogen-bond donors (Lipinski definition) is 2. The number of benzene rings is 1. The van der Waals surface area contributed by atoms with E-state index >= 15 is 0 Å². The highest BCUT2D eigenvalue weighted by Crippen LogP contribution is 2.35. The molecule has 1 atom stereocenters. The number of nitrogen functional groups attached to an aromatic ring is 1. The normalized spacial score (nSPS) is 16.9. The zero-order valence-corrected chi connectivity index (χ0v) is 19.5. The smallest absolute Gasteiger partial charge is 0.433 e. The second-order valence-corrected chi connectivity index (χ2v) is 8.15. The van der Waals surface area contributed by atoms with Crippen LogP contribution in [-0.4, -0.2) is 71.4 Å². The number of aromatic nitrogens is 4. The van der Waals surface area contributed by atoms with Crippen LogP contribution in [0.5, 0.6) is 11.5 Å². The number of likely N-dealkylation sites (N-methyl/N-ethyl adjacent to an activating group) is 1. The summed E-state index contributed by atoms with van der Waals surface area (Å²) in [6.07, 6.45) is -4.73. The molecule has 0 spiro atoms. The zero-order valence-electron chi connectivity index (χ0n) is 19.5. The van der Waals surface area contributed by atoms with Gasteiger partial charge >= 0.3 is 6.18 Å². The van der Waals surface area contributed by atoms with E-state index in [1.165, 1.54) is 7.11 Å². The average Bonchev–Trinajstić information content (AvgIpc) is 2.79. The zero-order chi connectivity index (χ0) is 25.2. The first-order valence-electron chi connectivity index (χ1n) is 10.9. The molecule has 10 nitrogen and oxygen atoms in total. The van der Waals surface area contributed by atoms with Gasteiger partial charge in [-0.3, -0.25) is 0 Å². The third kappa shape index (κ3) is 5.98. The number of nitrogens with two attached hydrogens (primary N) is 1. The Morgan fingerprint density at radius 2 is 1.97 bits per heavy atom.